The van der Waals surface area contributed by atoms with Crippen molar-refractivity contribution in [2.24, 2.45) is 0 Å². The maximum atomic E-state index is 13.0. The van der Waals surface area contributed by atoms with Gasteiger partial charge in [-0.3, -0.25) is 9.59 Å². The Balaban J connectivity index is 1.78. The molecule has 0 unspecified atom stereocenters. The van der Waals surface area contributed by atoms with Gasteiger partial charge in [0.1, 0.15) is 11.5 Å². The predicted octanol–water partition coefficient (Wildman–Crippen LogP) is 3.91. The van der Waals surface area contributed by atoms with Gasteiger partial charge in [0.25, 0.3) is 11.8 Å². The molecule has 0 saturated heterocycles. The first-order valence-corrected chi connectivity index (χ1v) is 10.2. The number of methoxy groups -OCH3 is 2. The molecule has 7 nitrogen and oxygen atoms in total. The number of hydrogen-bond acceptors (Lipinski definition) is 5. The second-order valence-corrected chi connectivity index (χ2v) is 7.26. The lowest BCUT2D eigenvalue weighted by molar-refractivity contribution is -0.118. The summed E-state index contributed by atoms with van der Waals surface area (Å²) in [6, 6.07) is 8.39. The van der Waals surface area contributed by atoms with E-state index in [9.17, 15) is 9.59 Å². The van der Waals surface area contributed by atoms with Gasteiger partial charge in [0.05, 0.1) is 20.5 Å². The van der Waals surface area contributed by atoms with Gasteiger partial charge >= 0.3 is 0 Å². The zero-order valence-electron chi connectivity index (χ0n) is 17.4. The normalized spacial score (nSPS) is 15.2. The molecule has 1 aromatic carbocycles. The van der Waals surface area contributed by atoms with Crippen LogP contribution in [-0.4, -0.2) is 32.1 Å². The summed E-state index contributed by atoms with van der Waals surface area (Å²) in [4.78, 5) is 25.8. The van der Waals surface area contributed by atoms with Crippen LogP contribution < -0.4 is 20.1 Å². The fraction of sp³-hybridized carbons (Fsp3) is 0.391. The minimum Gasteiger partial charge on any atom is -0.493 e. The first-order chi connectivity index (χ1) is 14.6. The summed E-state index contributed by atoms with van der Waals surface area (Å²) in [5.41, 5.74) is 0.481. The number of hydrogen-bond donors (Lipinski definition) is 2. The van der Waals surface area contributed by atoms with Crippen molar-refractivity contribution < 1.29 is 23.5 Å². The highest BCUT2D eigenvalue weighted by Crippen LogP contribution is 2.27. The molecule has 2 N–H and O–H groups in total. The van der Waals surface area contributed by atoms with Crippen LogP contribution >= 0.6 is 0 Å². The molecule has 1 fully saturated rings. The third kappa shape index (κ3) is 5.65. The summed E-state index contributed by atoms with van der Waals surface area (Å²) >= 11 is 0. The molecule has 2 amide bonds. The largest absolute Gasteiger partial charge is 0.493 e. The molecular weight excluding hydrogens is 384 g/mol. The van der Waals surface area contributed by atoms with Gasteiger partial charge < -0.3 is 24.5 Å². The lowest BCUT2D eigenvalue weighted by Crippen LogP contribution is -2.40. The Morgan fingerprint density at radius 2 is 1.77 bits per heavy atom. The van der Waals surface area contributed by atoms with Crippen LogP contribution in [0.1, 0.15) is 54.6 Å². The molecule has 160 valence electrons. The molecular formula is C23H28N2O5. The van der Waals surface area contributed by atoms with Gasteiger partial charge in [-0.1, -0.05) is 25.7 Å². The number of ether oxygens (including phenoxy) is 2. The van der Waals surface area contributed by atoms with E-state index in [2.05, 4.69) is 10.6 Å². The first kappa shape index (κ1) is 21.5. The summed E-state index contributed by atoms with van der Waals surface area (Å²) in [5, 5.41) is 5.78. The third-order valence-electron chi connectivity index (χ3n) is 5.16. The Hall–Kier alpha value is -3.22. The molecule has 1 aromatic heterocycles. The Labute approximate surface area is 176 Å². The lowest BCUT2D eigenvalue weighted by Gasteiger charge is -2.18. The molecule has 0 atom stereocenters. The number of amides is 2. The minimum atomic E-state index is -0.426. The summed E-state index contributed by atoms with van der Waals surface area (Å²) < 4.78 is 15.8. The van der Waals surface area contributed by atoms with Crippen molar-refractivity contribution in [2.45, 2.75) is 44.6 Å². The molecule has 0 aliphatic heterocycles. The molecule has 0 spiro atoms. The van der Waals surface area contributed by atoms with Crippen LogP contribution in [0.3, 0.4) is 0 Å². The molecule has 30 heavy (non-hydrogen) atoms. The van der Waals surface area contributed by atoms with Crippen LogP contribution in [0.2, 0.25) is 0 Å². The second-order valence-electron chi connectivity index (χ2n) is 7.26. The van der Waals surface area contributed by atoms with E-state index in [1.165, 1.54) is 39.4 Å². The average molecular weight is 412 g/mol. The van der Waals surface area contributed by atoms with Crippen molar-refractivity contribution in [2.75, 3.05) is 14.2 Å². The summed E-state index contributed by atoms with van der Waals surface area (Å²) in [5.74, 6) is 0.682. The Morgan fingerprint density at radius 1 is 1.03 bits per heavy atom. The monoisotopic (exact) mass is 412 g/mol. The van der Waals surface area contributed by atoms with Crippen LogP contribution in [0.25, 0.3) is 6.08 Å². The fourth-order valence-electron chi connectivity index (χ4n) is 3.53. The molecule has 7 heteroatoms. The highest BCUT2D eigenvalue weighted by atomic mass is 16.5. The van der Waals surface area contributed by atoms with E-state index >= 15 is 0 Å². The zero-order valence-corrected chi connectivity index (χ0v) is 17.4. The van der Waals surface area contributed by atoms with E-state index in [1.54, 1.807) is 30.3 Å². The van der Waals surface area contributed by atoms with Gasteiger partial charge in [0.2, 0.25) is 0 Å². The highest BCUT2D eigenvalue weighted by Gasteiger charge is 2.20. The van der Waals surface area contributed by atoms with E-state index in [0.717, 1.165) is 25.7 Å². The maximum Gasteiger partial charge on any atom is 0.268 e. The van der Waals surface area contributed by atoms with Crippen molar-refractivity contribution in [1.82, 2.24) is 10.6 Å². The molecule has 0 radical (unpaired) electrons. The van der Waals surface area contributed by atoms with Crippen LogP contribution in [0.15, 0.2) is 46.7 Å². The summed E-state index contributed by atoms with van der Waals surface area (Å²) in [6.45, 7) is 0. The standard InChI is InChI=1S/C23H28N2O5/c1-28-20-12-11-16(14-21(20)29-2)22(26)25-19(15-18-10-7-13-30-18)23(27)24-17-8-5-3-4-6-9-17/h7,10-15,17H,3-6,8-9H2,1-2H3,(H,24,27)(H,25,26)/b19-15-. The van der Waals surface area contributed by atoms with Crippen molar-refractivity contribution in [3.63, 3.8) is 0 Å². The second kappa shape index (κ2) is 10.5. The molecule has 2 aromatic rings. The molecule has 1 saturated carbocycles. The smallest absolute Gasteiger partial charge is 0.268 e. The van der Waals surface area contributed by atoms with Crippen molar-refractivity contribution >= 4 is 17.9 Å². The summed E-state index contributed by atoms with van der Waals surface area (Å²) in [7, 11) is 3.03. The Morgan fingerprint density at radius 3 is 2.40 bits per heavy atom. The maximum absolute atomic E-state index is 13.0. The van der Waals surface area contributed by atoms with E-state index in [1.807, 2.05) is 0 Å². The predicted molar refractivity (Wildman–Crippen MR) is 113 cm³/mol. The molecule has 1 heterocycles. The molecule has 1 aliphatic carbocycles. The lowest BCUT2D eigenvalue weighted by atomic mass is 10.1. The quantitative estimate of drug-likeness (QED) is 0.532. The highest BCUT2D eigenvalue weighted by molar-refractivity contribution is 6.05. The van der Waals surface area contributed by atoms with E-state index in [4.69, 9.17) is 13.9 Å². The van der Waals surface area contributed by atoms with Crippen LogP contribution in [0.5, 0.6) is 11.5 Å². The van der Waals surface area contributed by atoms with Gasteiger partial charge in [-0.2, -0.15) is 0 Å². The van der Waals surface area contributed by atoms with Crippen molar-refractivity contribution in [3.8, 4) is 11.5 Å². The Bertz CT molecular complexity index is 881. The van der Waals surface area contributed by atoms with Gasteiger partial charge in [-0.05, 0) is 43.2 Å². The van der Waals surface area contributed by atoms with E-state index in [0.29, 0.717) is 22.8 Å². The number of rotatable bonds is 7. The molecule has 3 rings (SSSR count). The zero-order chi connectivity index (χ0) is 21.3. The van der Waals surface area contributed by atoms with Crippen LogP contribution in [0, 0.1) is 0 Å². The van der Waals surface area contributed by atoms with Gasteiger partial charge in [0, 0.05) is 17.7 Å². The number of nitrogens with one attached hydrogen (secondary N) is 2. The molecule has 1 aliphatic rings. The van der Waals surface area contributed by atoms with Crippen LogP contribution in [-0.2, 0) is 4.79 Å². The minimum absolute atomic E-state index is 0.109. The SMILES string of the molecule is COc1ccc(C(=O)N/C(=C\c2ccco2)C(=O)NC2CCCCCC2)cc1OC. The number of carbonyl (C=O) groups is 2. The summed E-state index contributed by atoms with van der Waals surface area (Å²) in [6.07, 6.45) is 9.52. The molecule has 0 bridgehead atoms. The van der Waals surface area contributed by atoms with Gasteiger partial charge in [-0.15, -0.1) is 0 Å². The number of furan rings is 1. The van der Waals surface area contributed by atoms with Gasteiger partial charge in [0.15, 0.2) is 11.5 Å². The first-order valence-electron chi connectivity index (χ1n) is 10.2. The topological polar surface area (TPSA) is 89.8 Å². The Kier molecular flexibility index (Phi) is 7.54. The van der Waals surface area contributed by atoms with Gasteiger partial charge in [-0.25, -0.2) is 0 Å². The number of carbonyl (C=O) groups excluding carboxylic acids is 2. The number of benzene rings is 1. The van der Waals surface area contributed by atoms with Crippen molar-refractivity contribution in [1.29, 1.82) is 0 Å². The van der Waals surface area contributed by atoms with Crippen molar-refractivity contribution in [3.05, 3.63) is 53.6 Å². The third-order valence-corrected chi connectivity index (χ3v) is 5.16. The fourth-order valence-corrected chi connectivity index (χ4v) is 3.53. The van der Waals surface area contributed by atoms with E-state index < -0.39 is 5.91 Å². The van der Waals surface area contributed by atoms with E-state index in [-0.39, 0.29) is 17.6 Å². The average Bonchev–Trinajstić information content (AvgIpc) is 3.14. The van der Waals surface area contributed by atoms with Crippen LogP contribution in [0.4, 0.5) is 0 Å².